The van der Waals surface area contributed by atoms with Gasteiger partial charge in [-0.15, -0.1) is 0 Å². The van der Waals surface area contributed by atoms with Crippen LogP contribution in [0.4, 0.5) is 10.5 Å². The van der Waals surface area contributed by atoms with Crippen LogP contribution < -0.4 is 10.2 Å². The summed E-state index contributed by atoms with van der Waals surface area (Å²) in [5, 5.41) is 20.0. The number of nitrogens with zero attached hydrogens (tertiary/aromatic N) is 2. The first-order valence-electron chi connectivity index (χ1n) is 5.70. The van der Waals surface area contributed by atoms with Crippen molar-refractivity contribution in [2.45, 2.75) is 19.4 Å². The Morgan fingerprint density at radius 2 is 2.21 bits per heavy atom. The van der Waals surface area contributed by atoms with Gasteiger partial charge in [0, 0.05) is 18.8 Å². The van der Waals surface area contributed by atoms with Gasteiger partial charge >= 0.3 is 12.0 Å². The van der Waals surface area contributed by atoms with Crippen molar-refractivity contribution in [2.75, 3.05) is 11.9 Å². The summed E-state index contributed by atoms with van der Waals surface area (Å²) in [4.78, 5) is 23.7. The van der Waals surface area contributed by atoms with Crippen LogP contribution in [0, 0.1) is 11.3 Å². The minimum Gasteiger partial charge on any atom is -0.481 e. The van der Waals surface area contributed by atoms with Crippen molar-refractivity contribution < 1.29 is 14.7 Å². The molecule has 2 N–H and O–H groups in total. The van der Waals surface area contributed by atoms with Gasteiger partial charge in [0.05, 0.1) is 18.1 Å². The highest BCUT2D eigenvalue weighted by molar-refractivity contribution is 5.92. The summed E-state index contributed by atoms with van der Waals surface area (Å²) >= 11 is 0. The topological polar surface area (TPSA) is 93.4 Å². The molecule has 0 aliphatic rings. The molecule has 0 bridgehead atoms. The number of aliphatic carboxylic acids is 1. The van der Waals surface area contributed by atoms with E-state index in [-0.39, 0.29) is 6.42 Å². The van der Waals surface area contributed by atoms with Crippen molar-refractivity contribution in [3.8, 4) is 6.07 Å². The number of carbonyl (C=O) groups is 2. The summed E-state index contributed by atoms with van der Waals surface area (Å²) in [6.45, 7) is 1.62. The minimum atomic E-state index is -0.970. The molecule has 0 saturated heterocycles. The summed E-state index contributed by atoms with van der Waals surface area (Å²) in [7, 11) is 1.55. The number of anilines is 1. The van der Waals surface area contributed by atoms with E-state index in [9.17, 15) is 9.59 Å². The Balaban J connectivity index is 2.71. The average molecular weight is 261 g/mol. The van der Waals surface area contributed by atoms with E-state index < -0.39 is 18.0 Å². The fourth-order valence-corrected chi connectivity index (χ4v) is 1.52. The number of carboxylic acids is 1. The molecule has 19 heavy (non-hydrogen) atoms. The third-order valence-electron chi connectivity index (χ3n) is 2.52. The number of nitrogens with one attached hydrogen (secondary N) is 1. The molecule has 0 heterocycles. The van der Waals surface area contributed by atoms with Crippen molar-refractivity contribution in [3.05, 3.63) is 29.8 Å². The van der Waals surface area contributed by atoms with E-state index in [0.717, 1.165) is 0 Å². The van der Waals surface area contributed by atoms with Crippen molar-refractivity contribution in [3.63, 3.8) is 0 Å². The highest BCUT2D eigenvalue weighted by Crippen LogP contribution is 2.14. The van der Waals surface area contributed by atoms with E-state index in [1.165, 1.54) is 4.90 Å². The monoisotopic (exact) mass is 261 g/mol. The summed E-state index contributed by atoms with van der Waals surface area (Å²) < 4.78 is 0. The zero-order valence-electron chi connectivity index (χ0n) is 10.8. The number of urea groups is 1. The number of hydrogen-bond acceptors (Lipinski definition) is 3. The molecule has 6 nitrogen and oxygen atoms in total. The standard InChI is InChI=1S/C13H15N3O3/c1-9(6-12(17)18)15-13(19)16(2)11-5-3-4-10(7-11)8-14/h3-5,7,9H,6H2,1-2H3,(H,15,19)(H,17,18). The van der Waals surface area contributed by atoms with Gasteiger partial charge in [0.2, 0.25) is 0 Å². The van der Waals surface area contributed by atoms with E-state index in [2.05, 4.69) is 5.32 Å². The molecular weight excluding hydrogens is 246 g/mol. The van der Waals surface area contributed by atoms with E-state index in [1.54, 1.807) is 38.2 Å². The van der Waals surface area contributed by atoms with Crippen LogP contribution in [-0.2, 0) is 4.79 Å². The van der Waals surface area contributed by atoms with Gasteiger partial charge in [-0.2, -0.15) is 5.26 Å². The lowest BCUT2D eigenvalue weighted by molar-refractivity contribution is -0.137. The van der Waals surface area contributed by atoms with Gasteiger partial charge in [-0.1, -0.05) is 6.07 Å². The SMILES string of the molecule is CC(CC(=O)O)NC(=O)N(C)c1cccc(C#N)c1. The fraction of sp³-hybridized carbons (Fsp3) is 0.308. The molecule has 1 rings (SSSR count). The van der Waals surface area contributed by atoms with Crippen LogP contribution in [0.2, 0.25) is 0 Å². The lowest BCUT2D eigenvalue weighted by atomic mass is 10.2. The number of carboxylic acid groups (broad SMARTS) is 1. The van der Waals surface area contributed by atoms with Crippen LogP contribution >= 0.6 is 0 Å². The van der Waals surface area contributed by atoms with Gasteiger partial charge in [-0.3, -0.25) is 9.69 Å². The quantitative estimate of drug-likeness (QED) is 0.860. The highest BCUT2D eigenvalue weighted by Gasteiger charge is 2.15. The van der Waals surface area contributed by atoms with Crippen molar-refractivity contribution in [2.24, 2.45) is 0 Å². The summed E-state index contributed by atoms with van der Waals surface area (Å²) in [6, 6.07) is 7.71. The molecule has 2 amide bonds. The maximum absolute atomic E-state index is 11.9. The van der Waals surface area contributed by atoms with Gasteiger partial charge in [-0.05, 0) is 25.1 Å². The Hall–Kier alpha value is -2.55. The number of nitriles is 1. The first-order valence-corrected chi connectivity index (χ1v) is 5.70. The predicted molar refractivity (Wildman–Crippen MR) is 69.8 cm³/mol. The Morgan fingerprint density at radius 1 is 1.53 bits per heavy atom. The molecule has 6 heteroatoms. The number of amides is 2. The van der Waals surface area contributed by atoms with E-state index in [4.69, 9.17) is 10.4 Å². The molecule has 0 aliphatic carbocycles. The van der Waals surface area contributed by atoms with Crippen LogP contribution in [0.15, 0.2) is 24.3 Å². The molecule has 0 radical (unpaired) electrons. The average Bonchev–Trinajstić information content (AvgIpc) is 2.36. The molecule has 0 aliphatic heterocycles. The van der Waals surface area contributed by atoms with Gasteiger partial charge in [0.1, 0.15) is 0 Å². The number of hydrogen-bond donors (Lipinski definition) is 2. The second-order valence-corrected chi connectivity index (χ2v) is 4.17. The molecule has 1 aromatic carbocycles. The zero-order chi connectivity index (χ0) is 14.4. The van der Waals surface area contributed by atoms with Crippen LogP contribution in [0.1, 0.15) is 18.9 Å². The van der Waals surface area contributed by atoms with Gasteiger partial charge in [-0.25, -0.2) is 4.79 Å². The molecule has 0 fully saturated rings. The van der Waals surface area contributed by atoms with Crippen molar-refractivity contribution in [1.82, 2.24) is 5.32 Å². The van der Waals surface area contributed by atoms with E-state index in [1.807, 2.05) is 6.07 Å². The molecule has 1 aromatic rings. The van der Waals surface area contributed by atoms with Crippen LogP contribution in [0.3, 0.4) is 0 Å². The van der Waals surface area contributed by atoms with Crippen LogP contribution in [0.25, 0.3) is 0 Å². The van der Waals surface area contributed by atoms with E-state index >= 15 is 0 Å². The molecule has 0 saturated carbocycles. The maximum Gasteiger partial charge on any atom is 0.321 e. The lowest BCUT2D eigenvalue weighted by Crippen LogP contribution is -2.42. The van der Waals surface area contributed by atoms with Gasteiger partial charge in [0.25, 0.3) is 0 Å². The van der Waals surface area contributed by atoms with Gasteiger partial charge < -0.3 is 10.4 Å². The molecule has 1 unspecified atom stereocenters. The smallest absolute Gasteiger partial charge is 0.321 e. The first kappa shape index (κ1) is 14.5. The van der Waals surface area contributed by atoms with Crippen LogP contribution in [-0.4, -0.2) is 30.2 Å². The minimum absolute atomic E-state index is 0.141. The molecule has 0 aromatic heterocycles. The summed E-state index contributed by atoms with van der Waals surface area (Å²) in [6.07, 6.45) is -0.141. The second kappa shape index (κ2) is 6.40. The molecular formula is C13H15N3O3. The Morgan fingerprint density at radius 3 is 2.79 bits per heavy atom. The molecule has 0 spiro atoms. The first-order chi connectivity index (χ1) is 8.93. The van der Waals surface area contributed by atoms with Crippen molar-refractivity contribution in [1.29, 1.82) is 5.26 Å². The summed E-state index contributed by atoms with van der Waals surface area (Å²) in [5.74, 6) is -0.970. The Labute approximate surface area is 111 Å². The lowest BCUT2D eigenvalue weighted by Gasteiger charge is -2.20. The number of carbonyl (C=O) groups excluding carboxylic acids is 1. The largest absolute Gasteiger partial charge is 0.481 e. The highest BCUT2D eigenvalue weighted by atomic mass is 16.4. The van der Waals surface area contributed by atoms with E-state index in [0.29, 0.717) is 11.3 Å². The summed E-state index contributed by atoms with van der Waals surface area (Å²) in [5.41, 5.74) is 1.02. The molecule has 100 valence electrons. The zero-order valence-corrected chi connectivity index (χ0v) is 10.8. The third kappa shape index (κ3) is 4.32. The maximum atomic E-state index is 11.9. The van der Waals surface area contributed by atoms with Crippen LogP contribution in [0.5, 0.6) is 0 Å². The molecule has 1 atom stereocenters. The third-order valence-corrected chi connectivity index (χ3v) is 2.52. The second-order valence-electron chi connectivity index (χ2n) is 4.17. The van der Waals surface area contributed by atoms with Crippen molar-refractivity contribution >= 4 is 17.7 Å². The van der Waals surface area contributed by atoms with Gasteiger partial charge in [0.15, 0.2) is 0 Å². The predicted octanol–water partition coefficient (Wildman–Crippen LogP) is 1.57. The number of benzene rings is 1. The normalized spacial score (nSPS) is 11.2. The Kier molecular flexibility index (Phi) is 4.89. The Bertz CT molecular complexity index is 522. The fourth-order valence-electron chi connectivity index (χ4n) is 1.52. The number of rotatable bonds is 4.